The summed E-state index contributed by atoms with van der Waals surface area (Å²) in [4.78, 5) is 73.5. The number of halogens is 9. The Bertz CT molecular complexity index is 5170. The maximum Gasteiger partial charge on any atom is 0.451 e. The number of hydrogen-bond acceptors (Lipinski definition) is 18. The SMILES string of the molecule is CC(C)(C)N1CCC2(CCC(C(=O)CN3CCCC3)CC2)C1.CC(C)(C)N1CCC2(CCC(C(=O)N3CCCC3)CC2)CC1.CC(C)(C)N1CCC2(CCN(c3ccc(C(F)(F)F)cn3)CC2)C1.CC(C)(C)N1CCC2(CCN(c3ccc4cnccc4c3)CC2)C1.CC(C)(C)N1CCC2(CCN(c3ccnc(C(F)(F)F)n3)CC2)C1.CC(C)(C)N1CCC2(CCN(c3ccnc4c(C(F)(F)F)cccc34)CC2)C1. The van der Waals surface area contributed by atoms with E-state index >= 15 is 0 Å². The van der Waals surface area contributed by atoms with Crippen molar-refractivity contribution in [1.82, 2.24) is 64.1 Å². The first-order valence-electron chi connectivity index (χ1n) is 55.3. The molecule has 28 heteroatoms. The third-order valence-electron chi connectivity index (χ3n) is 36.9. The van der Waals surface area contributed by atoms with E-state index < -0.39 is 35.5 Å². The second-order valence-corrected chi connectivity index (χ2v) is 52.4. The Labute approximate surface area is 856 Å². The number of anilines is 4. The van der Waals surface area contributed by atoms with E-state index in [9.17, 15) is 49.1 Å². The number of pyridine rings is 3. The van der Waals surface area contributed by atoms with Gasteiger partial charge in [-0.25, -0.2) is 15.0 Å². The van der Waals surface area contributed by atoms with Gasteiger partial charge < -0.3 is 24.5 Å². The number of alkyl halides is 9. The Morgan fingerprint density at radius 1 is 0.340 bits per heavy atom. The first kappa shape index (κ1) is 111. The summed E-state index contributed by atoms with van der Waals surface area (Å²) in [5.74, 6) is 1.68. The summed E-state index contributed by atoms with van der Waals surface area (Å²) in [6.45, 7) is 68.0. The highest BCUT2D eigenvalue weighted by Gasteiger charge is 2.52. The maximum absolute atomic E-state index is 13.4. The van der Waals surface area contributed by atoms with Crippen LogP contribution in [0.3, 0.4) is 0 Å². The summed E-state index contributed by atoms with van der Waals surface area (Å²) in [5.41, 5.74) is 5.12. The number of nitrogens with zero attached hydrogens (tertiary/aromatic N) is 17. The first-order chi connectivity index (χ1) is 67.5. The molecule has 6 aromatic rings. The molecule has 0 unspecified atom stereocenters. The van der Waals surface area contributed by atoms with Crippen LogP contribution in [0.1, 0.15) is 315 Å². The Kier molecular flexibility index (Phi) is 34.0. The number of piperidine rings is 5. The molecule has 0 atom stereocenters. The molecule has 0 N–H and O–H groups in total. The van der Waals surface area contributed by atoms with E-state index in [4.69, 9.17) is 0 Å². The molecule has 0 bridgehead atoms. The van der Waals surface area contributed by atoms with E-state index in [0.717, 1.165) is 199 Å². The van der Waals surface area contributed by atoms with Crippen molar-refractivity contribution in [3.63, 3.8) is 0 Å². The minimum absolute atomic E-state index is 0.0487. The molecule has 16 heterocycles. The number of aromatic nitrogens is 5. The monoisotopic (exact) mass is 2010 g/mol. The number of para-hydroxylation sites is 1. The quantitative estimate of drug-likeness (QED) is 0.133. The zero-order chi connectivity index (χ0) is 104. The lowest BCUT2D eigenvalue weighted by Crippen LogP contribution is -2.50. The van der Waals surface area contributed by atoms with Crippen molar-refractivity contribution in [3.8, 4) is 0 Å². The highest BCUT2D eigenvalue weighted by Crippen LogP contribution is 2.53. The molecule has 19 nitrogen and oxygen atoms in total. The number of rotatable bonds is 8. The average molecular weight is 2010 g/mol. The van der Waals surface area contributed by atoms with Crippen LogP contribution >= 0.6 is 0 Å². The van der Waals surface area contributed by atoms with Crippen molar-refractivity contribution in [2.45, 2.75) is 350 Å². The number of fused-ring (bicyclic) bond motifs is 2. The van der Waals surface area contributed by atoms with Gasteiger partial charge in [-0.15, -0.1) is 0 Å². The van der Waals surface area contributed by atoms with Gasteiger partial charge in [-0.05, 0) is 443 Å². The van der Waals surface area contributed by atoms with E-state index in [1.54, 1.807) is 12.1 Å². The number of likely N-dealkylation sites (tertiary alicyclic amines) is 8. The van der Waals surface area contributed by atoms with Crippen LogP contribution in [0.15, 0.2) is 97.7 Å². The van der Waals surface area contributed by atoms with Gasteiger partial charge in [-0.3, -0.25) is 53.9 Å². The van der Waals surface area contributed by atoms with Gasteiger partial charge in [0.25, 0.3) is 0 Å². The predicted octanol–water partition coefficient (Wildman–Crippen LogP) is 24.5. The second kappa shape index (κ2) is 44.1. The molecule has 4 aromatic heterocycles. The van der Waals surface area contributed by atoms with Crippen LogP contribution < -0.4 is 19.6 Å². The van der Waals surface area contributed by atoms with Gasteiger partial charge in [0, 0.05) is 196 Å². The molecular weight excluding hydrogens is 1830 g/mol. The molecule has 2 aliphatic carbocycles. The molecule has 6 spiro atoms. The van der Waals surface area contributed by atoms with Gasteiger partial charge in [0.2, 0.25) is 11.7 Å². The van der Waals surface area contributed by atoms with Crippen LogP contribution in [-0.2, 0) is 28.1 Å². The summed E-state index contributed by atoms with van der Waals surface area (Å²) in [6.07, 6.45) is 27.0. The van der Waals surface area contributed by atoms with Gasteiger partial charge >= 0.3 is 18.5 Å². The van der Waals surface area contributed by atoms with Crippen molar-refractivity contribution >= 4 is 56.4 Å². The van der Waals surface area contributed by atoms with Gasteiger partial charge in [-0.2, -0.15) is 39.5 Å². The highest BCUT2D eigenvalue weighted by atomic mass is 19.4. The predicted molar refractivity (Wildman–Crippen MR) is 566 cm³/mol. The molecule has 1 amide bonds. The lowest BCUT2D eigenvalue weighted by molar-refractivity contribution is -0.145. The van der Waals surface area contributed by atoms with Crippen molar-refractivity contribution in [1.29, 1.82) is 0 Å². The molecule has 800 valence electrons. The van der Waals surface area contributed by atoms with Crippen molar-refractivity contribution in [2.24, 2.45) is 44.3 Å². The summed E-state index contributed by atoms with van der Waals surface area (Å²) in [5, 5.41) is 3.12. The molecule has 12 aliphatic heterocycles. The third-order valence-corrected chi connectivity index (χ3v) is 36.9. The van der Waals surface area contributed by atoms with Crippen molar-refractivity contribution < 1.29 is 49.1 Å². The molecule has 20 rings (SSSR count). The fourth-order valence-electron chi connectivity index (χ4n) is 26.5. The van der Waals surface area contributed by atoms with Crippen molar-refractivity contribution in [2.75, 3.05) is 183 Å². The van der Waals surface area contributed by atoms with E-state index in [1.807, 2.05) is 23.4 Å². The lowest BCUT2D eigenvalue weighted by Gasteiger charge is -2.49. The molecule has 2 aromatic carbocycles. The number of ketones is 1. The number of carbonyl (C=O) groups is 2. The number of amides is 1. The Hall–Kier alpha value is -7.08. The standard InChI is InChI=1S/C22H28F3N3.C21H29N3.2C19H34N2O.C18H26F3N3.C17H25F3N4/c1-20(2,3)28-14-10-21(15-28)8-12-27(13-9-21)18-7-11-26-19-16(18)5-4-6-17(19)22(23,24)25;1-20(2,3)24-13-9-21(16-24)7-11-23(12-8-21)19-5-4-18-15-22-10-6-17(18)14-19;1-18(2,3)21-14-10-19(11-15-21)8-6-16(7-9-19)17(22)20-12-4-5-13-20;1-18(2,3)21-13-10-19(15-21)8-6-16(7-9-19)17(22)14-20-11-4-5-12-20;1-16(2,3)24-11-8-17(13-24)6-9-23(10-7-17)15-5-4-14(12-22-15)18(19,20)21;1-15(2,3)24-11-7-16(12-24)5-9-23(10-6-16)13-4-8-21-14(22-13)17(18,19)20/h4-7,11H,8-10,12-15H2,1-3H3;4-6,10,14-15H,7-9,11-13,16H2,1-3H3;2*16H,4-15H2,1-3H3;4-5,12H,6-11,13H2,1-3H3;4,8H,5-7,9-12H2,1-3H3. The van der Waals surface area contributed by atoms with E-state index in [0.29, 0.717) is 89.7 Å². The number of Topliss-reactive ketones (excluding diaryl/α,β-unsaturated/α-hetero) is 1. The van der Waals surface area contributed by atoms with Crippen LogP contribution in [0.2, 0.25) is 0 Å². The summed E-state index contributed by atoms with van der Waals surface area (Å²) < 4.78 is 116. The first-order valence-corrected chi connectivity index (χ1v) is 55.3. The largest absolute Gasteiger partial charge is 0.451 e. The fourth-order valence-corrected chi connectivity index (χ4v) is 26.5. The molecule has 2 saturated carbocycles. The maximum atomic E-state index is 13.4. The second-order valence-electron chi connectivity index (χ2n) is 52.4. The van der Waals surface area contributed by atoms with Crippen LogP contribution in [0.5, 0.6) is 0 Å². The normalized spacial score (nSPS) is 23.6. The minimum atomic E-state index is -4.49. The molecule has 144 heavy (non-hydrogen) atoms. The summed E-state index contributed by atoms with van der Waals surface area (Å²) in [7, 11) is 0. The van der Waals surface area contributed by atoms with Gasteiger partial charge in [0.1, 0.15) is 17.4 Å². The fraction of sp³-hybridized carbons (Fsp3) is 0.750. The lowest BCUT2D eigenvalue weighted by atomic mass is 9.65. The Morgan fingerprint density at radius 2 is 0.743 bits per heavy atom. The number of hydrogen-bond donors (Lipinski definition) is 0. The Morgan fingerprint density at radius 3 is 1.17 bits per heavy atom. The summed E-state index contributed by atoms with van der Waals surface area (Å²) >= 11 is 0. The third kappa shape index (κ3) is 27.6. The topological polar surface area (TPSA) is 137 Å². The molecular formula is C116H176F9N17O2. The molecule has 14 fully saturated rings. The van der Waals surface area contributed by atoms with Crippen molar-refractivity contribution in [3.05, 3.63) is 115 Å². The smallest absolute Gasteiger partial charge is 0.371 e. The molecule has 12 saturated heterocycles. The van der Waals surface area contributed by atoms with E-state index in [2.05, 4.69) is 228 Å². The van der Waals surface area contributed by atoms with Crippen LogP contribution in [0.4, 0.5) is 62.5 Å². The molecule has 14 aliphatic rings. The van der Waals surface area contributed by atoms with Gasteiger partial charge in [0.05, 0.1) is 23.2 Å². The number of benzene rings is 2. The minimum Gasteiger partial charge on any atom is -0.371 e. The summed E-state index contributed by atoms with van der Waals surface area (Å²) in [6, 6.07) is 19.3. The zero-order valence-corrected chi connectivity index (χ0v) is 91.0. The van der Waals surface area contributed by atoms with E-state index in [1.165, 1.54) is 202 Å². The van der Waals surface area contributed by atoms with Crippen LogP contribution in [0, 0.1) is 44.3 Å². The zero-order valence-electron chi connectivity index (χ0n) is 91.0. The highest BCUT2D eigenvalue weighted by molar-refractivity contribution is 5.94. The number of carbonyl (C=O) groups excluding carboxylic acids is 2. The van der Waals surface area contributed by atoms with Gasteiger partial charge in [-0.1, -0.05) is 18.2 Å². The molecule has 0 radical (unpaired) electrons. The Balaban J connectivity index is 0.000000130. The van der Waals surface area contributed by atoms with Gasteiger partial charge in [0.15, 0.2) is 0 Å². The van der Waals surface area contributed by atoms with Crippen LogP contribution in [0.25, 0.3) is 21.7 Å². The van der Waals surface area contributed by atoms with Crippen LogP contribution in [-0.4, -0.2) is 273 Å². The van der Waals surface area contributed by atoms with E-state index in [-0.39, 0.29) is 22.1 Å². The average Bonchev–Trinajstić information content (AvgIpc) is 1.20.